The molecule has 1 amide bonds. The Labute approximate surface area is 166 Å². The number of aromatic nitrogens is 2. The lowest BCUT2D eigenvalue weighted by molar-refractivity contribution is 0.0958. The van der Waals surface area contributed by atoms with Gasteiger partial charge >= 0.3 is 0 Å². The second kappa shape index (κ2) is 8.22. The number of aryl methyl sites for hydroxylation is 1. The maximum absolute atomic E-state index is 12.5. The Morgan fingerprint density at radius 3 is 2.75 bits per heavy atom. The zero-order valence-corrected chi connectivity index (χ0v) is 16.7. The smallest absolute Gasteiger partial charge is 0.281 e. The van der Waals surface area contributed by atoms with Crippen LogP contribution in [-0.2, 0) is 0 Å². The van der Waals surface area contributed by atoms with Gasteiger partial charge in [-0.05, 0) is 38.5 Å². The summed E-state index contributed by atoms with van der Waals surface area (Å²) < 4.78 is 0. The SMILES string of the molecule is CCN(CC)c1ccc(C=NNC(=O)c2sc3ncnc(N)c3c2C)c(O)c1. The van der Waals surface area contributed by atoms with Gasteiger partial charge in [0.15, 0.2) is 0 Å². The first-order valence-corrected chi connectivity index (χ1v) is 9.68. The van der Waals surface area contributed by atoms with Gasteiger partial charge in [0.25, 0.3) is 5.91 Å². The van der Waals surface area contributed by atoms with Crippen LogP contribution < -0.4 is 16.1 Å². The van der Waals surface area contributed by atoms with E-state index in [9.17, 15) is 9.90 Å². The number of nitrogen functional groups attached to an aromatic ring is 1. The van der Waals surface area contributed by atoms with E-state index >= 15 is 0 Å². The van der Waals surface area contributed by atoms with Crippen LogP contribution in [0.2, 0.25) is 0 Å². The molecule has 0 atom stereocenters. The van der Waals surface area contributed by atoms with Gasteiger partial charge in [0.2, 0.25) is 0 Å². The number of hydrogen-bond acceptors (Lipinski definition) is 8. The molecule has 1 aromatic carbocycles. The van der Waals surface area contributed by atoms with Gasteiger partial charge in [-0.25, -0.2) is 15.4 Å². The van der Waals surface area contributed by atoms with Crippen LogP contribution in [0.1, 0.15) is 34.6 Å². The molecule has 0 saturated heterocycles. The summed E-state index contributed by atoms with van der Waals surface area (Å²) in [5, 5.41) is 14.9. The number of amides is 1. The summed E-state index contributed by atoms with van der Waals surface area (Å²) in [7, 11) is 0. The van der Waals surface area contributed by atoms with Crippen molar-refractivity contribution in [2.75, 3.05) is 23.7 Å². The van der Waals surface area contributed by atoms with Crippen LogP contribution in [0.25, 0.3) is 10.2 Å². The van der Waals surface area contributed by atoms with E-state index in [0.29, 0.717) is 26.5 Å². The number of nitrogens with zero attached hydrogens (tertiary/aromatic N) is 4. The first-order chi connectivity index (χ1) is 13.5. The minimum atomic E-state index is -0.365. The fraction of sp³-hybridized carbons (Fsp3) is 0.263. The monoisotopic (exact) mass is 398 g/mol. The highest BCUT2D eigenvalue weighted by atomic mass is 32.1. The van der Waals surface area contributed by atoms with E-state index in [-0.39, 0.29) is 11.7 Å². The Hall–Kier alpha value is -3.20. The first kappa shape index (κ1) is 19.6. The van der Waals surface area contributed by atoms with Crippen molar-refractivity contribution in [2.24, 2.45) is 5.10 Å². The average molecular weight is 398 g/mol. The second-order valence-electron chi connectivity index (χ2n) is 6.11. The number of aromatic hydroxyl groups is 1. The molecular formula is C19H22N6O2S. The minimum Gasteiger partial charge on any atom is -0.507 e. The number of nitrogens with one attached hydrogen (secondary N) is 1. The second-order valence-corrected chi connectivity index (χ2v) is 7.11. The molecule has 0 aliphatic rings. The maximum Gasteiger partial charge on any atom is 0.281 e. The van der Waals surface area contributed by atoms with Gasteiger partial charge in [-0.1, -0.05) is 0 Å². The normalized spacial score (nSPS) is 11.2. The van der Waals surface area contributed by atoms with Crippen LogP contribution in [0.3, 0.4) is 0 Å². The molecule has 0 aliphatic heterocycles. The minimum absolute atomic E-state index is 0.100. The molecule has 0 fully saturated rings. The highest BCUT2D eigenvalue weighted by Crippen LogP contribution is 2.31. The Morgan fingerprint density at radius 2 is 2.11 bits per heavy atom. The molecule has 2 heterocycles. The van der Waals surface area contributed by atoms with Crippen molar-refractivity contribution in [3.63, 3.8) is 0 Å². The number of carbonyl (C=O) groups is 1. The molecule has 3 aromatic rings. The molecule has 28 heavy (non-hydrogen) atoms. The predicted octanol–water partition coefficient (Wildman–Crippen LogP) is 2.90. The molecule has 0 bridgehead atoms. The molecule has 8 nitrogen and oxygen atoms in total. The quantitative estimate of drug-likeness (QED) is 0.434. The first-order valence-electron chi connectivity index (χ1n) is 8.87. The van der Waals surface area contributed by atoms with Crippen molar-refractivity contribution < 1.29 is 9.90 Å². The molecule has 3 rings (SSSR count). The lowest BCUT2D eigenvalue weighted by atomic mass is 10.2. The van der Waals surface area contributed by atoms with Crippen molar-refractivity contribution in [1.29, 1.82) is 0 Å². The third kappa shape index (κ3) is 3.74. The molecule has 146 valence electrons. The van der Waals surface area contributed by atoms with Gasteiger partial charge in [-0.3, -0.25) is 4.79 Å². The van der Waals surface area contributed by atoms with Gasteiger partial charge in [0.1, 0.15) is 22.7 Å². The summed E-state index contributed by atoms with van der Waals surface area (Å²) in [5.74, 6) is 0.0819. The number of hydrogen-bond donors (Lipinski definition) is 3. The predicted molar refractivity (Wildman–Crippen MR) is 113 cm³/mol. The van der Waals surface area contributed by atoms with E-state index in [1.807, 2.05) is 6.07 Å². The lowest BCUT2D eigenvalue weighted by Gasteiger charge is -2.21. The van der Waals surface area contributed by atoms with Gasteiger partial charge in [-0.2, -0.15) is 5.10 Å². The van der Waals surface area contributed by atoms with Crippen molar-refractivity contribution in [3.8, 4) is 5.75 Å². The number of anilines is 2. The summed E-state index contributed by atoms with van der Waals surface area (Å²) in [6.45, 7) is 7.61. The highest BCUT2D eigenvalue weighted by molar-refractivity contribution is 7.20. The molecular weight excluding hydrogens is 376 g/mol. The van der Waals surface area contributed by atoms with Crippen LogP contribution in [0.4, 0.5) is 11.5 Å². The van der Waals surface area contributed by atoms with Crippen LogP contribution in [0.5, 0.6) is 5.75 Å². The van der Waals surface area contributed by atoms with Crippen molar-refractivity contribution in [2.45, 2.75) is 20.8 Å². The fourth-order valence-corrected chi connectivity index (χ4v) is 4.00. The molecule has 0 saturated carbocycles. The van der Waals surface area contributed by atoms with Crippen LogP contribution >= 0.6 is 11.3 Å². The highest BCUT2D eigenvalue weighted by Gasteiger charge is 2.18. The third-order valence-corrected chi connectivity index (χ3v) is 5.67. The van der Waals surface area contributed by atoms with E-state index in [1.54, 1.807) is 19.1 Å². The number of carbonyl (C=O) groups excluding carboxylic acids is 1. The Bertz CT molecular complexity index is 1040. The van der Waals surface area contributed by atoms with E-state index < -0.39 is 0 Å². The van der Waals surface area contributed by atoms with Crippen molar-refractivity contribution in [3.05, 3.63) is 40.5 Å². The Kier molecular flexibility index (Phi) is 5.74. The number of phenols is 1. The largest absolute Gasteiger partial charge is 0.507 e. The van der Waals surface area contributed by atoms with Crippen LogP contribution in [0, 0.1) is 6.92 Å². The number of fused-ring (bicyclic) bond motifs is 1. The average Bonchev–Trinajstić information content (AvgIpc) is 3.02. The molecule has 0 spiro atoms. The molecule has 2 aromatic heterocycles. The van der Waals surface area contributed by atoms with Gasteiger partial charge in [-0.15, -0.1) is 11.3 Å². The topological polar surface area (TPSA) is 117 Å². The molecule has 0 aliphatic carbocycles. The standard InChI is InChI=1S/C19H22N6O2S/c1-4-25(5-2)13-7-6-12(14(26)8-13)9-23-24-18(27)16-11(3)15-17(20)21-10-22-19(15)28-16/h6-10,26H,4-5H2,1-3H3,(H,24,27)(H2,20,21,22). The van der Waals surface area contributed by atoms with E-state index in [0.717, 1.165) is 24.3 Å². The molecule has 4 N–H and O–H groups in total. The number of thiophene rings is 1. The van der Waals surface area contributed by atoms with E-state index in [4.69, 9.17) is 5.73 Å². The third-order valence-electron chi connectivity index (χ3n) is 4.47. The van der Waals surface area contributed by atoms with Crippen LogP contribution in [0.15, 0.2) is 29.6 Å². The van der Waals surface area contributed by atoms with Gasteiger partial charge in [0, 0.05) is 30.4 Å². The summed E-state index contributed by atoms with van der Waals surface area (Å²) in [5.41, 5.74) is 10.5. The van der Waals surface area contributed by atoms with Gasteiger partial charge < -0.3 is 15.7 Å². The summed E-state index contributed by atoms with van der Waals surface area (Å²) in [6, 6.07) is 5.36. The number of rotatable bonds is 6. The summed E-state index contributed by atoms with van der Waals surface area (Å²) in [6.07, 6.45) is 2.79. The lowest BCUT2D eigenvalue weighted by Crippen LogP contribution is -2.21. The van der Waals surface area contributed by atoms with E-state index in [2.05, 4.69) is 39.2 Å². The number of nitrogens with two attached hydrogens (primary N) is 1. The fourth-order valence-electron chi connectivity index (χ4n) is 2.95. The number of hydrazone groups is 1. The van der Waals surface area contributed by atoms with Crippen molar-refractivity contribution >= 4 is 45.2 Å². The van der Waals surface area contributed by atoms with Crippen LogP contribution in [-0.4, -0.2) is 40.3 Å². The van der Waals surface area contributed by atoms with E-state index in [1.165, 1.54) is 23.9 Å². The summed E-state index contributed by atoms with van der Waals surface area (Å²) >= 11 is 1.23. The van der Waals surface area contributed by atoms with Gasteiger partial charge in [0.05, 0.1) is 16.5 Å². The molecule has 0 radical (unpaired) electrons. The van der Waals surface area contributed by atoms with Crippen molar-refractivity contribution in [1.82, 2.24) is 15.4 Å². The Morgan fingerprint density at radius 1 is 1.36 bits per heavy atom. The number of benzene rings is 1. The molecule has 9 heteroatoms. The zero-order valence-electron chi connectivity index (χ0n) is 15.9. The summed E-state index contributed by atoms with van der Waals surface area (Å²) in [4.78, 5) is 23.8. The molecule has 0 unspecified atom stereocenters. The number of phenolic OH excluding ortho intramolecular Hbond substituents is 1. The maximum atomic E-state index is 12.5. The Balaban J connectivity index is 1.75. The zero-order chi connectivity index (χ0) is 20.3.